The number of rotatable bonds is 2. The van der Waals surface area contributed by atoms with Crippen LogP contribution in [0.15, 0.2) is 24.5 Å². The van der Waals surface area contributed by atoms with E-state index in [2.05, 4.69) is 25.3 Å². The quantitative estimate of drug-likeness (QED) is 0.583. The fourth-order valence-corrected chi connectivity index (χ4v) is 3.54. The molecule has 28 heavy (non-hydrogen) atoms. The molecule has 0 atom stereocenters. The first-order chi connectivity index (χ1) is 13.5. The molecule has 1 aliphatic heterocycles. The van der Waals surface area contributed by atoms with Crippen molar-refractivity contribution in [2.75, 3.05) is 30.0 Å². The van der Waals surface area contributed by atoms with Crippen LogP contribution in [0.1, 0.15) is 17.7 Å². The fourth-order valence-electron chi connectivity index (χ4n) is 3.54. The van der Waals surface area contributed by atoms with Crippen LogP contribution in [0.5, 0.6) is 0 Å². The number of pyridine rings is 2. The number of methoxy groups -OCH3 is 1. The average Bonchev–Trinajstić information content (AvgIpc) is 2.71. The van der Waals surface area contributed by atoms with Crippen LogP contribution in [0.3, 0.4) is 0 Å². The number of nitrogens with two attached hydrogens (primary N) is 1. The lowest BCUT2D eigenvalue weighted by atomic mass is 9.95. The zero-order chi connectivity index (χ0) is 19.8. The molecule has 0 unspecified atom stereocenters. The lowest BCUT2D eigenvalue weighted by Gasteiger charge is -2.21. The number of aromatic nitrogens is 2. The number of aryl methyl sites for hydroxylation is 1. The second-order valence-corrected chi connectivity index (χ2v) is 6.71. The lowest BCUT2D eigenvalue weighted by Crippen LogP contribution is -2.15. The molecule has 0 saturated carbocycles. The molecule has 0 bridgehead atoms. The molecule has 1 aliphatic rings. The molecule has 7 nitrogen and oxygen atoms in total. The Morgan fingerprint density at radius 3 is 2.89 bits per heavy atom. The summed E-state index contributed by atoms with van der Waals surface area (Å²) in [5.74, 6) is -0.220. The zero-order valence-electron chi connectivity index (χ0n) is 15.6. The second kappa shape index (κ2) is 6.95. The Kier molecular flexibility index (Phi) is 4.46. The smallest absolute Gasteiger partial charge is 0.412 e. The highest BCUT2D eigenvalue weighted by Crippen LogP contribution is 2.38. The van der Waals surface area contributed by atoms with Crippen LogP contribution in [0, 0.1) is 12.7 Å². The number of amides is 1. The number of ether oxygens (including phenoxy) is 1. The highest BCUT2D eigenvalue weighted by Gasteiger charge is 2.20. The van der Waals surface area contributed by atoms with Crippen LogP contribution < -0.4 is 16.4 Å². The van der Waals surface area contributed by atoms with Gasteiger partial charge in [-0.05, 0) is 42.8 Å². The summed E-state index contributed by atoms with van der Waals surface area (Å²) in [4.78, 5) is 20.0. The molecular formula is C20H20FN5O2. The Morgan fingerprint density at radius 2 is 2.11 bits per heavy atom. The second-order valence-electron chi connectivity index (χ2n) is 6.71. The third-order valence-electron chi connectivity index (χ3n) is 5.01. The van der Waals surface area contributed by atoms with Crippen LogP contribution in [0.2, 0.25) is 0 Å². The Labute approximate surface area is 161 Å². The van der Waals surface area contributed by atoms with Gasteiger partial charge in [-0.15, -0.1) is 0 Å². The molecule has 0 spiro atoms. The summed E-state index contributed by atoms with van der Waals surface area (Å²) >= 11 is 0. The summed E-state index contributed by atoms with van der Waals surface area (Å²) < 4.78 is 19.7. The largest absolute Gasteiger partial charge is 0.453 e. The van der Waals surface area contributed by atoms with Gasteiger partial charge in [0, 0.05) is 35.5 Å². The standard InChI is InChI=1S/C20H20FN5O2/c1-10-13(8-24-15-4-3-5-23-19(10)15)12-6-11-7-16(26-20(27)28-2)25-9-14(11)18(22)17(12)21/h6-9,23H,3-5,22H2,1-2H3,(H,25,26,27). The third kappa shape index (κ3) is 2.96. The van der Waals surface area contributed by atoms with Gasteiger partial charge >= 0.3 is 6.09 Å². The van der Waals surface area contributed by atoms with Crippen LogP contribution in [0.25, 0.3) is 21.9 Å². The SMILES string of the molecule is COC(=O)Nc1cc2cc(-c3cnc4c(c3C)NCCC4)c(F)c(N)c2cn1. The van der Waals surface area contributed by atoms with Crippen molar-refractivity contribution >= 4 is 34.1 Å². The van der Waals surface area contributed by atoms with E-state index in [1.807, 2.05) is 6.92 Å². The molecular weight excluding hydrogens is 361 g/mol. The summed E-state index contributed by atoms with van der Waals surface area (Å²) in [6.07, 6.45) is 4.42. The van der Waals surface area contributed by atoms with Crippen molar-refractivity contribution in [2.45, 2.75) is 19.8 Å². The summed E-state index contributed by atoms with van der Waals surface area (Å²) in [5, 5.41) is 6.99. The number of nitrogen functional groups attached to an aromatic ring is 1. The topological polar surface area (TPSA) is 102 Å². The van der Waals surface area contributed by atoms with E-state index in [0.29, 0.717) is 27.7 Å². The highest BCUT2D eigenvalue weighted by molar-refractivity contribution is 5.99. The van der Waals surface area contributed by atoms with Crippen molar-refractivity contribution in [2.24, 2.45) is 0 Å². The normalized spacial score (nSPS) is 13.0. The summed E-state index contributed by atoms with van der Waals surface area (Å²) in [6.45, 7) is 2.82. The highest BCUT2D eigenvalue weighted by atomic mass is 19.1. The Bertz CT molecular complexity index is 1100. The zero-order valence-corrected chi connectivity index (χ0v) is 15.6. The fraction of sp³-hybridized carbons (Fsp3) is 0.250. The molecule has 8 heteroatoms. The molecule has 1 amide bonds. The number of anilines is 3. The average molecular weight is 381 g/mol. The van der Waals surface area contributed by atoms with E-state index in [1.165, 1.54) is 13.3 Å². The van der Waals surface area contributed by atoms with Gasteiger partial charge in [0.15, 0.2) is 5.82 Å². The van der Waals surface area contributed by atoms with Crippen molar-refractivity contribution in [1.82, 2.24) is 9.97 Å². The van der Waals surface area contributed by atoms with Crippen molar-refractivity contribution in [3.05, 3.63) is 41.6 Å². The van der Waals surface area contributed by atoms with Gasteiger partial charge in [0.1, 0.15) is 5.82 Å². The van der Waals surface area contributed by atoms with Crippen LogP contribution >= 0.6 is 0 Å². The maximum Gasteiger partial charge on any atom is 0.412 e. The Morgan fingerprint density at radius 1 is 1.29 bits per heavy atom. The van der Waals surface area contributed by atoms with E-state index in [4.69, 9.17) is 5.73 Å². The summed E-state index contributed by atoms with van der Waals surface area (Å²) in [7, 11) is 1.27. The predicted octanol–water partition coefficient (Wildman–Crippen LogP) is 3.86. The minimum atomic E-state index is -0.636. The molecule has 3 heterocycles. The molecule has 4 rings (SSSR count). The third-order valence-corrected chi connectivity index (χ3v) is 5.01. The number of halogens is 1. The first kappa shape index (κ1) is 18.0. The van der Waals surface area contributed by atoms with E-state index >= 15 is 4.39 Å². The number of hydrogen-bond donors (Lipinski definition) is 3. The van der Waals surface area contributed by atoms with Gasteiger partial charge in [0.05, 0.1) is 24.2 Å². The number of carbonyl (C=O) groups is 1. The van der Waals surface area contributed by atoms with E-state index < -0.39 is 11.9 Å². The lowest BCUT2D eigenvalue weighted by molar-refractivity contribution is 0.187. The Hall–Kier alpha value is -3.42. The number of carbonyl (C=O) groups excluding carboxylic acids is 1. The Balaban J connectivity index is 1.87. The van der Waals surface area contributed by atoms with Gasteiger partial charge in [-0.3, -0.25) is 10.3 Å². The monoisotopic (exact) mass is 381 g/mol. The van der Waals surface area contributed by atoms with Crippen molar-refractivity contribution in [1.29, 1.82) is 0 Å². The predicted molar refractivity (Wildman–Crippen MR) is 107 cm³/mol. The molecule has 144 valence electrons. The molecule has 1 aromatic carbocycles. The van der Waals surface area contributed by atoms with Crippen molar-refractivity contribution in [3.8, 4) is 11.1 Å². The van der Waals surface area contributed by atoms with E-state index in [1.54, 1.807) is 18.3 Å². The van der Waals surface area contributed by atoms with Crippen molar-refractivity contribution < 1.29 is 13.9 Å². The van der Waals surface area contributed by atoms with E-state index in [-0.39, 0.29) is 5.69 Å². The molecule has 3 aromatic rings. The molecule has 0 radical (unpaired) electrons. The first-order valence-corrected chi connectivity index (χ1v) is 8.95. The van der Waals surface area contributed by atoms with Gasteiger partial charge in [-0.2, -0.15) is 0 Å². The number of hydrogen-bond acceptors (Lipinski definition) is 6. The van der Waals surface area contributed by atoms with E-state index in [0.717, 1.165) is 36.3 Å². The number of nitrogens with zero attached hydrogens (tertiary/aromatic N) is 2. The van der Waals surface area contributed by atoms with Gasteiger partial charge in [0.25, 0.3) is 0 Å². The van der Waals surface area contributed by atoms with Gasteiger partial charge < -0.3 is 15.8 Å². The maximum absolute atomic E-state index is 15.1. The first-order valence-electron chi connectivity index (χ1n) is 8.95. The number of benzene rings is 1. The molecule has 4 N–H and O–H groups in total. The van der Waals surface area contributed by atoms with Crippen molar-refractivity contribution in [3.63, 3.8) is 0 Å². The molecule has 2 aromatic heterocycles. The van der Waals surface area contributed by atoms with Crippen LogP contribution in [-0.2, 0) is 11.2 Å². The van der Waals surface area contributed by atoms with Crippen LogP contribution in [0.4, 0.5) is 26.4 Å². The molecule has 0 aliphatic carbocycles. The number of nitrogens with one attached hydrogen (secondary N) is 2. The molecule has 0 saturated heterocycles. The van der Waals surface area contributed by atoms with Gasteiger partial charge in [-0.25, -0.2) is 14.2 Å². The minimum absolute atomic E-state index is 0.00898. The molecule has 0 fully saturated rings. The van der Waals surface area contributed by atoms with E-state index in [9.17, 15) is 4.79 Å². The number of fused-ring (bicyclic) bond motifs is 2. The minimum Gasteiger partial charge on any atom is -0.453 e. The summed E-state index contributed by atoms with van der Waals surface area (Å²) in [5.41, 5.74) is 10.0. The van der Waals surface area contributed by atoms with Crippen LogP contribution in [-0.4, -0.2) is 29.7 Å². The van der Waals surface area contributed by atoms with Gasteiger partial charge in [-0.1, -0.05) is 0 Å². The van der Waals surface area contributed by atoms with Gasteiger partial charge in [0.2, 0.25) is 0 Å². The maximum atomic E-state index is 15.1. The summed E-state index contributed by atoms with van der Waals surface area (Å²) in [6, 6.07) is 3.33.